The Morgan fingerprint density at radius 2 is 1.89 bits per heavy atom. The molecule has 0 heterocycles. The van der Waals surface area contributed by atoms with Crippen molar-refractivity contribution in [1.82, 2.24) is 0 Å². The fourth-order valence-electron chi connectivity index (χ4n) is 1.31. The van der Waals surface area contributed by atoms with Gasteiger partial charge in [0.1, 0.15) is 5.75 Å². The largest absolute Gasteiger partial charge is 0.492 e. The molecule has 0 aliphatic carbocycles. The molecule has 1 aromatic rings. The van der Waals surface area contributed by atoms with Crippen LogP contribution in [0, 0.1) is 5.92 Å². The zero-order valence-electron chi connectivity index (χ0n) is 9.94. The lowest BCUT2D eigenvalue weighted by Gasteiger charge is -2.13. The molecule has 0 atom stereocenters. The van der Waals surface area contributed by atoms with Gasteiger partial charge in [-0.2, -0.15) is 0 Å². The third-order valence-electron chi connectivity index (χ3n) is 2.12. The van der Waals surface area contributed by atoms with Crippen LogP contribution in [-0.4, -0.2) is 28.8 Å². The van der Waals surface area contributed by atoms with Crippen LogP contribution in [0.4, 0.5) is 0 Å². The topological polar surface area (TPSA) is 83.8 Å². The van der Waals surface area contributed by atoms with Crippen LogP contribution >= 0.6 is 15.9 Å². The smallest absolute Gasteiger partial charge is 0.337 e. The van der Waals surface area contributed by atoms with Gasteiger partial charge < -0.3 is 14.9 Å². The number of carbonyl (C=O) groups is 2. The molecule has 0 aliphatic rings. The van der Waals surface area contributed by atoms with Gasteiger partial charge in [-0.1, -0.05) is 13.8 Å². The van der Waals surface area contributed by atoms with Gasteiger partial charge in [-0.15, -0.1) is 0 Å². The molecule has 0 aliphatic heterocycles. The molecule has 1 aromatic carbocycles. The minimum absolute atomic E-state index is 0.149. The Balaban J connectivity index is 3.22. The van der Waals surface area contributed by atoms with E-state index in [2.05, 4.69) is 15.9 Å². The molecule has 6 heteroatoms. The summed E-state index contributed by atoms with van der Waals surface area (Å²) in [6, 6.07) is 2.68. The van der Waals surface area contributed by atoms with E-state index >= 15 is 0 Å². The summed E-state index contributed by atoms with van der Waals surface area (Å²) in [4.78, 5) is 22.0. The average Bonchev–Trinajstić information content (AvgIpc) is 2.25. The molecular formula is C12H13BrO5. The molecule has 0 unspecified atom stereocenters. The molecular weight excluding hydrogens is 304 g/mol. The maximum absolute atomic E-state index is 11.1. The normalized spacial score (nSPS) is 10.4. The molecule has 0 spiro atoms. The van der Waals surface area contributed by atoms with Crippen molar-refractivity contribution in [1.29, 1.82) is 0 Å². The molecule has 18 heavy (non-hydrogen) atoms. The van der Waals surface area contributed by atoms with Crippen molar-refractivity contribution in [2.45, 2.75) is 13.8 Å². The number of carboxylic acid groups (broad SMARTS) is 2. The van der Waals surface area contributed by atoms with Crippen molar-refractivity contribution >= 4 is 27.9 Å². The minimum Gasteiger partial charge on any atom is -0.492 e. The first-order valence-corrected chi connectivity index (χ1v) is 6.05. The lowest BCUT2D eigenvalue weighted by atomic mass is 10.1. The summed E-state index contributed by atoms with van der Waals surface area (Å²) in [5.41, 5.74) is -0.574. The van der Waals surface area contributed by atoms with E-state index in [-0.39, 0.29) is 21.5 Å². The zero-order valence-corrected chi connectivity index (χ0v) is 11.5. The number of benzene rings is 1. The van der Waals surface area contributed by atoms with Gasteiger partial charge in [0.05, 0.1) is 22.2 Å². The van der Waals surface area contributed by atoms with E-state index in [0.29, 0.717) is 12.4 Å². The molecule has 0 bridgehead atoms. The first-order valence-electron chi connectivity index (χ1n) is 5.26. The molecule has 0 saturated carbocycles. The van der Waals surface area contributed by atoms with Crippen molar-refractivity contribution in [3.05, 3.63) is 27.7 Å². The maximum atomic E-state index is 11.1. The van der Waals surface area contributed by atoms with Crippen LogP contribution in [0.1, 0.15) is 34.6 Å². The number of aromatic carboxylic acids is 2. The van der Waals surface area contributed by atoms with Gasteiger partial charge in [-0.3, -0.25) is 0 Å². The SMILES string of the molecule is CC(C)COc1ccc(C(=O)O)c(C(=O)O)c1Br. The van der Waals surface area contributed by atoms with Gasteiger partial charge in [0, 0.05) is 0 Å². The van der Waals surface area contributed by atoms with Crippen LogP contribution in [0.5, 0.6) is 5.75 Å². The van der Waals surface area contributed by atoms with Crippen LogP contribution < -0.4 is 4.74 Å². The number of ether oxygens (including phenoxy) is 1. The van der Waals surface area contributed by atoms with Gasteiger partial charge in [-0.05, 0) is 34.0 Å². The summed E-state index contributed by atoms with van der Waals surface area (Å²) in [5, 5.41) is 18.0. The Labute approximate surface area is 113 Å². The number of rotatable bonds is 5. The zero-order chi connectivity index (χ0) is 13.9. The first kappa shape index (κ1) is 14.5. The minimum atomic E-state index is -1.31. The van der Waals surface area contributed by atoms with Crippen molar-refractivity contribution in [3.63, 3.8) is 0 Å². The third kappa shape index (κ3) is 3.22. The van der Waals surface area contributed by atoms with Crippen LogP contribution in [0.2, 0.25) is 0 Å². The van der Waals surface area contributed by atoms with Crippen molar-refractivity contribution in [2.24, 2.45) is 5.92 Å². The van der Waals surface area contributed by atoms with Gasteiger partial charge >= 0.3 is 11.9 Å². The molecule has 1 rings (SSSR count). The Kier molecular flexibility index (Phi) is 4.72. The summed E-state index contributed by atoms with van der Waals surface area (Å²) in [5.74, 6) is -1.99. The fraction of sp³-hybridized carbons (Fsp3) is 0.333. The Hall–Kier alpha value is -1.56. The number of halogens is 1. The molecule has 0 aromatic heterocycles. The third-order valence-corrected chi connectivity index (χ3v) is 2.91. The molecule has 98 valence electrons. The lowest BCUT2D eigenvalue weighted by Crippen LogP contribution is -2.11. The Morgan fingerprint density at radius 1 is 1.28 bits per heavy atom. The molecule has 0 fully saturated rings. The first-order chi connectivity index (χ1) is 8.34. The van der Waals surface area contributed by atoms with Crippen molar-refractivity contribution < 1.29 is 24.5 Å². The molecule has 0 amide bonds. The fourth-order valence-corrected chi connectivity index (χ4v) is 1.94. The number of carboxylic acids is 2. The Morgan fingerprint density at radius 3 is 2.33 bits per heavy atom. The van der Waals surface area contributed by atoms with E-state index < -0.39 is 11.9 Å². The van der Waals surface area contributed by atoms with E-state index in [1.165, 1.54) is 12.1 Å². The van der Waals surface area contributed by atoms with Gasteiger partial charge in [-0.25, -0.2) is 9.59 Å². The molecule has 0 saturated heterocycles. The predicted octanol–water partition coefficient (Wildman–Crippen LogP) is 2.88. The van der Waals surface area contributed by atoms with Crippen molar-refractivity contribution in [2.75, 3.05) is 6.61 Å². The van der Waals surface area contributed by atoms with E-state index in [0.717, 1.165) is 0 Å². The second kappa shape index (κ2) is 5.86. The highest BCUT2D eigenvalue weighted by molar-refractivity contribution is 9.10. The summed E-state index contributed by atoms with van der Waals surface area (Å²) in [7, 11) is 0. The number of hydrogen-bond acceptors (Lipinski definition) is 3. The van der Waals surface area contributed by atoms with Gasteiger partial charge in [0.25, 0.3) is 0 Å². The van der Waals surface area contributed by atoms with Gasteiger partial charge in [0.2, 0.25) is 0 Å². The van der Waals surface area contributed by atoms with E-state index in [9.17, 15) is 9.59 Å². The van der Waals surface area contributed by atoms with Crippen LogP contribution in [0.25, 0.3) is 0 Å². The summed E-state index contributed by atoms with van der Waals surface area (Å²) >= 11 is 3.08. The highest BCUT2D eigenvalue weighted by atomic mass is 79.9. The van der Waals surface area contributed by atoms with Crippen molar-refractivity contribution in [3.8, 4) is 5.75 Å². The standard InChI is InChI=1S/C12H13BrO5/c1-6(2)5-18-8-4-3-7(11(14)15)9(10(8)13)12(16)17/h3-4,6H,5H2,1-2H3,(H,14,15)(H,16,17). The summed E-state index contributed by atoms with van der Waals surface area (Å²) in [6.45, 7) is 4.33. The van der Waals surface area contributed by atoms with Crippen LogP contribution in [0.15, 0.2) is 16.6 Å². The monoisotopic (exact) mass is 316 g/mol. The second-order valence-corrected chi connectivity index (χ2v) is 4.91. The highest BCUT2D eigenvalue weighted by Gasteiger charge is 2.22. The van der Waals surface area contributed by atoms with Crippen LogP contribution in [0.3, 0.4) is 0 Å². The van der Waals surface area contributed by atoms with E-state index in [1.54, 1.807) is 0 Å². The highest BCUT2D eigenvalue weighted by Crippen LogP contribution is 2.31. The quantitative estimate of drug-likeness (QED) is 0.872. The molecule has 5 nitrogen and oxygen atoms in total. The number of hydrogen-bond donors (Lipinski definition) is 2. The summed E-state index contributed by atoms with van der Waals surface area (Å²) < 4.78 is 5.57. The lowest BCUT2D eigenvalue weighted by molar-refractivity contribution is 0.0650. The summed E-state index contributed by atoms with van der Waals surface area (Å²) in [6.07, 6.45) is 0. The average molecular weight is 317 g/mol. The van der Waals surface area contributed by atoms with Crippen LogP contribution in [-0.2, 0) is 0 Å². The van der Waals surface area contributed by atoms with E-state index in [1.807, 2.05) is 13.8 Å². The Bertz CT molecular complexity index is 482. The molecule has 2 N–H and O–H groups in total. The van der Waals surface area contributed by atoms with Gasteiger partial charge in [0.15, 0.2) is 0 Å². The second-order valence-electron chi connectivity index (χ2n) is 4.12. The maximum Gasteiger partial charge on any atom is 0.337 e. The van der Waals surface area contributed by atoms with E-state index in [4.69, 9.17) is 14.9 Å². The molecule has 0 radical (unpaired) electrons. The predicted molar refractivity (Wildman–Crippen MR) is 68.4 cm³/mol.